The molecular weight excluding hydrogens is 234 g/mol. The number of benzene rings is 1. The van der Waals surface area contributed by atoms with Crippen molar-refractivity contribution in [2.24, 2.45) is 0 Å². The molecule has 1 heterocycles. The van der Waals surface area contributed by atoms with Gasteiger partial charge in [0.05, 0.1) is 0 Å². The monoisotopic (exact) mass is 249 g/mol. The Hall–Kier alpha value is -1.01. The van der Waals surface area contributed by atoms with Crippen molar-refractivity contribution in [2.75, 3.05) is 20.1 Å². The highest BCUT2D eigenvalue weighted by Gasteiger charge is 2.28. The first-order valence-corrected chi connectivity index (χ1v) is 6.15. The van der Waals surface area contributed by atoms with Crippen molar-refractivity contribution in [3.8, 4) is 11.8 Å². The number of halogens is 1. The van der Waals surface area contributed by atoms with Crippen LogP contribution in [0, 0.1) is 11.8 Å². The molecule has 0 bridgehead atoms. The highest BCUT2D eigenvalue weighted by Crippen LogP contribution is 2.20. The molecule has 0 saturated carbocycles. The molecular formula is C14H16ClNO. The number of likely N-dealkylation sites (tertiary alicyclic amines) is 1. The number of hydrogen-bond donors (Lipinski definition) is 1. The van der Waals surface area contributed by atoms with E-state index in [4.69, 9.17) is 11.6 Å². The maximum absolute atomic E-state index is 10.3. The lowest BCUT2D eigenvalue weighted by atomic mass is 9.92. The van der Waals surface area contributed by atoms with Crippen LogP contribution in [0.25, 0.3) is 0 Å². The number of hydrogen-bond acceptors (Lipinski definition) is 2. The van der Waals surface area contributed by atoms with E-state index in [-0.39, 0.29) is 0 Å². The van der Waals surface area contributed by atoms with Gasteiger partial charge in [0.1, 0.15) is 5.60 Å². The maximum atomic E-state index is 10.3. The van der Waals surface area contributed by atoms with E-state index in [1.165, 1.54) is 0 Å². The minimum absolute atomic E-state index is 0.673. The summed E-state index contributed by atoms with van der Waals surface area (Å²) in [4.78, 5) is 2.20. The van der Waals surface area contributed by atoms with Gasteiger partial charge in [0.2, 0.25) is 0 Å². The van der Waals surface area contributed by atoms with E-state index < -0.39 is 5.60 Å². The zero-order chi connectivity index (χ0) is 12.3. The highest BCUT2D eigenvalue weighted by molar-refractivity contribution is 6.30. The predicted molar refractivity (Wildman–Crippen MR) is 70.0 cm³/mol. The molecule has 0 spiro atoms. The summed E-state index contributed by atoms with van der Waals surface area (Å²) in [6.45, 7) is 1.78. The third kappa shape index (κ3) is 3.47. The fourth-order valence-electron chi connectivity index (χ4n) is 1.87. The van der Waals surface area contributed by atoms with Gasteiger partial charge in [-0.05, 0) is 25.2 Å². The lowest BCUT2D eigenvalue weighted by molar-refractivity contribution is 0.0350. The van der Waals surface area contributed by atoms with Gasteiger partial charge < -0.3 is 10.0 Å². The molecule has 2 nitrogen and oxygen atoms in total. The lowest BCUT2D eigenvalue weighted by Crippen LogP contribution is -2.41. The van der Waals surface area contributed by atoms with Crippen LogP contribution in [0.2, 0.25) is 5.02 Å². The van der Waals surface area contributed by atoms with Crippen LogP contribution in [0.3, 0.4) is 0 Å². The second-order valence-electron chi connectivity index (χ2n) is 4.60. The third-order valence-corrected chi connectivity index (χ3v) is 3.31. The van der Waals surface area contributed by atoms with E-state index in [9.17, 15) is 5.11 Å². The van der Waals surface area contributed by atoms with Crippen LogP contribution in [0.4, 0.5) is 0 Å². The molecule has 90 valence electrons. The van der Waals surface area contributed by atoms with E-state index in [0.717, 1.165) is 18.7 Å². The zero-order valence-corrected chi connectivity index (χ0v) is 10.7. The average molecular weight is 250 g/mol. The summed E-state index contributed by atoms with van der Waals surface area (Å²) in [5, 5.41) is 11.0. The minimum atomic E-state index is -0.838. The topological polar surface area (TPSA) is 23.5 Å². The van der Waals surface area contributed by atoms with Gasteiger partial charge in [-0.25, -0.2) is 0 Å². The summed E-state index contributed by atoms with van der Waals surface area (Å²) in [6.07, 6.45) is 1.41. The standard InChI is InChI=1S/C14H16ClNO/c1-16-9-7-14(17,8-10-16)6-5-12-3-2-4-13(15)11-12/h2-4,11,17H,7-10H2,1H3. The molecule has 1 aliphatic rings. The number of nitrogens with zero attached hydrogens (tertiary/aromatic N) is 1. The Morgan fingerprint density at radius 3 is 2.71 bits per heavy atom. The van der Waals surface area contributed by atoms with Crippen LogP contribution in [0.15, 0.2) is 24.3 Å². The smallest absolute Gasteiger partial charge is 0.128 e. The molecule has 1 aromatic carbocycles. The van der Waals surface area contributed by atoms with E-state index >= 15 is 0 Å². The molecule has 0 atom stereocenters. The van der Waals surface area contributed by atoms with Gasteiger partial charge >= 0.3 is 0 Å². The zero-order valence-electron chi connectivity index (χ0n) is 9.91. The number of piperidine rings is 1. The molecule has 1 aliphatic heterocycles. The van der Waals surface area contributed by atoms with E-state index in [1.54, 1.807) is 0 Å². The van der Waals surface area contributed by atoms with E-state index in [0.29, 0.717) is 17.9 Å². The Bertz CT molecular complexity index is 453. The average Bonchev–Trinajstić information content (AvgIpc) is 2.31. The van der Waals surface area contributed by atoms with Crippen molar-refractivity contribution in [1.29, 1.82) is 0 Å². The summed E-state index contributed by atoms with van der Waals surface area (Å²) < 4.78 is 0. The van der Waals surface area contributed by atoms with Crippen molar-refractivity contribution < 1.29 is 5.11 Å². The fraction of sp³-hybridized carbons (Fsp3) is 0.429. The van der Waals surface area contributed by atoms with Crippen LogP contribution in [0.1, 0.15) is 18.4 Å². The second-order valence-corrected chi connectivity index (χ2v) is 5.03. The first-order chi connectivity index (χ1) is 8.07. The molecule has 2 rings (SSSR count). The number of aliphatic hydroxyl groups is 1. The summed E-state index contributed by atoms with van der Waals surface area (Å²) in [5.74, 6) is 5.99. The molecule has 0 amide bonds. The van der Waals surface area contributed by atoms with Crippen molar-refractivity contribution in [3.63, 3.8) is 0 Å². The molecule has 0 radical (unpaired) electrons. The molecule has 1 fully saturated rings. The van der Waals surface area contributed by atoms with Gasteiger partial charge in [0.25, 0.3) is 0 Å². The first-order valence-electron chi connectivity index (χ1n) is 5.77. The quantitative estimate of drug-likeness (QED) is 0.713. The van der Waals surface area contributed by atoms with Crippen molar-refractivity contribution >= 4 is 11.6 Å². The normalized spacial score (nSPS) is 19.5. The van der Waals surface area contributed by atoms with Crippen LogP contribution in [-0.4, -0.2) is 35.7 Å². The van der Waals surface area contributed by atoms with Gasteiger partial charge in [0.15, 0.2) is 0 Å². The SMILES string of the molecule is CN1CCC(O)(C#Cc2cccc(Cl)c2)CC1. The summed E-state index contributed by atoms with van der Waals surface area (Å²) in [6, 6.07) is 7.39. The second kappa shape index (κ2) is 5.10. The molecule has 1 aromatic rings. The van der Waals surface area contributed by atoms with Crippen LogP contribution >= 0.6 is 11.6 Å². The Kier molecular flexibility index (Phi) is 3.73. The Morgan fingerprint density at radius 2 is 2.06 bits per heavy atom. The molecule has 17 heavy (non-hydrogen) atoms. The Morgan fingerprint density at radius 1 is 1.35 bits per heavy atom. The third-order valence-electron chi connectivity index (χ3n) is 3.08. The van der Waals surface area contributed by atoms with Crippen molar-refractivity contribution in [3.05, 3.63) is 34.9 Å². The largest absolute Gasteiger partial charge is 0.377 e. The predicted octanol–water partition coefficient (Wildman–Crippen LogP) is 2.15. The van der Waals surface area contributed by atoms with Gasteiger partial charge in [0, 0.05) is 36.5 Å². The van der Waals surface area contributed by atoms with Crippen LogP contribution in [0.5, 0.6) is 0 Å². The number of rotatable bonds is 0. The Balaban J connectivity index is 2.10. The summed E-state index contributed by atoms with van der Waals surface area (Å²) >= 11 is 5.88. The molecule has 3 heteroatoms. The Labute approximate surface area is 107 Å². The highest BCUT2D eigenvalue weighted by atomic mass is 35.5. The molecule has 0 unspecified atom stereocenters. The molecule has 1 saturated heterocycles. The fourth-order valence-corrected chi connectivity index (χ4v) is 2.06. The van der Waals surface area contributed by atoms with Gasteiger partial charge in [-0.3, -0.25) is 0 Å². The lowest BCUT2D eigenvalue weighted by Gasteiger charge is -2.32. The van der Waals surface area contributed by atoms with Gasteiger partial charge in [-0.15, -0.1) is 0 Å². The van der Waals surface area contributed by atoms with Crippen molar-refractivity contribution in [2.45, 2.75) is 18.4 Å². The maximum Gasteiger partial charge on any atom is 0.128 e. The van der Waals surface area contributed by atoms with Crippen molar-refractivity contribution in [1.82, 2.24) is 4.90 Å². The van der Waals surface area contributed by atoms with Crippen LogP contribution in [-0.2, 0) is 0 Å². The minimum Gasteiger partial charge on any atom is -0.377 e. The van der Waals surface area contributed by atoms with Crippen LogP contribution < -0.4 is 0 Å². The van der Waals surface area contributed by atoms with E-state index in [2.05, 4.69) is 23.8 Å². The molecule has 0 aromatic heterocycles. The van der Waals surface area contributed by atoms with E-state index in [1.807, 2.05) is 24.3 Å². The molecule has 1 N–H and O–H groups in total. The van der Waals surface area contributed by atoms with Gasteiger partial charge in [-0.2, -0.15) is 0 Å². The summed E-state index contributed by atoms with van der Waals surface area (Å²) in [7, 11) is 2.06. The summed E-state index contributed by atoms with van der Waals surface area (Å²) in [5.41, 5.74) is 0.0133. The first kappa shape index (κ1) is 12.4. The van der Waals surface area contributed by atoms with Gasteiger partial charge in [-0.1, -0.05) is 29.5 Å². The molecule has 0 aliphatic carbocycles.